The van der Waals surface area contributed by atoms with Gasteiger partial charge in [0.1, 0.15) is 5.75 Å². The van der Waals surface area contributed by atoms with Crippen LogP contribution < -0.4 is 19.5 Å². The molecule has 0 atom stereocenters. The number of fused-ring (bicyclic) bond motifs is 1. The fourth-order valence-corrected chi connectivity index (χ4v) is 1.94. The summed E-state index contributed by atoms with van der Waals surface area (Å²) in [5.74, 6) is 3.04. The Morgan fingerprint density at radius 3 is 2.60 bits per heavy atom. The summed E-state index contributed by atoms with van der Waals surface area (Å²) in [5.41, 5.74) is 1.21. The number of hydrogen-bond acceptors (Lipinski definition) is 4. The number of ether oxygens (including phenoxy) is 3. The van der Waals surface area contributed by atoms with Gasteiger partial charge in [0.15, 0.2) is 11.5 Å². The lowest BCUT2D eigenvalue weighted by Crippen LogP contribution is -2.40. The van der Waals surface area contributed by atoms with Crippen LogP contribution in [0.5, 0.6) is 17.2 Å². The zero-order valence-electron chi connectivity index (χ0n) is 8.58. The molecule has 0 saturated carbocycles. The average molecular weight is 207 g/mol. The fraction of sp³-hybridized carbons (Fsp3) is 0.455. The Kier molecular flexibility index (Phi) is 1.95. The van der Waals surface area contributed by atoms with Gasteiger partial charge in [-0.1, -0.05) is 0 Å². The van der Waals surface area contributed by atoms with Crippen molar-refractivity contribution in [2.24, 2.45) is 0 Å². The highest BCUT2D eigenvalue weighted by Crippen LogP contribution is 2.41. The molecule has 4 nitrogen and oxygen atoms in total. The Balaban J connectivity index is 2.03. The predicted octanol–water partition coefficient (Wildman–Crippen LogP) is 1.11. The van der Waals surface area contributed by atoms with Crippen molar-refractivity contribution in [3.63, 3.8) is 0 Å². The first-order chi connectivity index (χ1) is 7.38. The molecule has 1 saturated heterocycles. The highest BCUT2D eigenvalue weighted by molar-refractivity contribution is 5.53. The molecule has 2 aliphatic rings. The molecule has 0 unspecified atom stereocenters. The molecule has 0 radical (unpaired) electrons. The van der Waals surface area contributed by atoms with Crippen LogP contribution in [0.25, 0.3) is 0 Å². The van der Waals surface area contributed by atoms with E-state index in [4.69, 9.17) is 14.2 Å². The third kappa shape index (κ3) is 1.33. The summed E-state index contributed by atoms with van der Waals surface area (Å²) in [5, 5.41) is 3.25. The minimum absolute atomic E-state index is 0.310. The molecule has 0 bridgehead atoms. The summed E-state index contributed by atoms with van der Waals surface area (Å²) in [6, 6.07) is 3.95. The maximum absolute atomic E-state index is 5.36. The molecular weight excluding hydrogens is 194 g/mol. The largest absolute Gasteiger partial charge is 0.496 e. The topological polar surface area (TPSA) is 39.7 Å². The Morgan fingerprint density at radius 1 is 1.27 bits per heavy atom. The molecule has 0 amide bonds. The lowest BCUT2D eigenvalue weighted by Gasteiger charge is -2.28. The van der Waals surface area contributed by atoms with Crippen molar-refractivity contribution in [1.29, 1.82) is 0 Å². The minimum Gasteiger partial charge on any atom is -0.496 e. The normalized spacial score (nSPS) is 18.7. The third-order valence-electron chi connectivity index (χ3n) is 2.95. The van der Waals surface area contributed by atoms with E-state index in [1.54, 1.807) is 7.11 Å². The quantitative estimate of drug-likeness (QED) is 0.788. The number of hydrogen-bond donors (Lipinski definition) is 1. The van der Waals surface area contributed by atoms with Gasteiger partial charge in [-0.05, 0) is 6.07 Å². The maximum Gasteiger partial charge on any atom is 0.231 e. The van der Waals surface area contributed by atoms with Crippen molar-refractivity contribution in [3.05, 3.63) is 17.7 Å². The van der Waals surface area contributed by atoms with Gasteiger partial charge in [0.2, 0.25) is 6.79 Å². The number of methoxy groups -OCH3 is 1. The zero-order valence-corrected chi connectivity index (χ0v) is 8.58. The Labute approximate surface area is 88.1 Å². The van der Waals surface area contributed by atoms with Gasteiger partial charge in [-0.2, -0.15) is 0 Å². The van der Waals surface area contributed by atoms with Crippen LogP contribution in [-0.4, -0.2) is 27.0 Å². The Morgan fingerprint density at radius 2 is 2.00 bits per heavy atom. The maximum atomic E-state index is 5.36. The van der Waals surface area contributed by atoms with Crippen LogP contribution in [0.4, 0.5) is 0 Å². The zero-order chi connectivity index (χ0) is 10.3. The van der Waals surface area contributed by atoms with Gasteiger partial charge in [0, 0.05) is 30.6 Å². The van der Waals surface area contributed by atoms with E-state index in [1.165, 1.54) is 5.56 Å². The molecule has 1 fully saturated rings. The van der Waals surface area contributed by atoms with E-state index >= 15 is 0 Å². The smallest absolute Gasteiger partial charge is 0.231 e. The summed E-state index contributed by atoms with van der Waals surface area (Å²) in [7, 11) is 1.69. The van der Waals surface area contributed by atoms with Gasteiger partial charge >= 0.3 is 0 Å². The van der Waals surface area contributed by atoms with Gasteiger partial charge < -0.3 is 19.5 Å². The Bertz CT molecular complexity index is 388. The van der Waals surface area contributed by atoms with Gasteiger partial charge in [0.25, 0.3) is 0 Å². The summed E-state index contributed by atoms with van der Waals surface area (Å²) in [6.45, 7) is 2.33. The van der Waals surface area contributed by atoms with Crippen LogP contribution in [0.2, 0.25) is 0 Å². The average Bonchev–Trinajstić information content (AvgIpc) is 2.60. The molecule has 1 aromatic rings. The van der Waals surface area contributed by atoms with Crippen molar-refractivity contribution in [1.82, 2.24) is 5.32 Å². The molecule has 15 heavy (non-hydrogen) atoms. The monoisotopic (exact) mass is 207 g/mol. The van der Waals surface area contributed by atoms with Gasteiger partial charge in [-0.15, -0.1) is 0 Å². The van der Waals surface area contributed by atoms with Crippen molar-refractivity contribution in [2.45, 2.75) is 5.92 Å². The van der Waals surface area contributed by atoms with Gasteiger partial charge in [-0.25, -0.2) is 0 Å². The van der Waals surface area contributed by atoms with Crippen LogP contribution in [0, 0.1) is 0 Å². The molecule has 1 aromatic carbocycles. The van der Waals surface area contributed by atoms with Gasteiger partial charge in [0.05, 0.1) is 7.11 Å². The molecule has 0 aromatic heterocycles. The van der Waals surface area contributed by atoms with Crippen molar-refractivity contribution in [2.75, 3.05) is 27.0 Å². The first kappa shape index (κ1) is 8.85. The fourth-order valence-electron chi connectivity index (χ4n) is 1.94. The summed E-state index contributed by atoms with van der Waals surface area (Å²) >= 11 is 0. The highest BCUT2D eigenvalue weighted by atomic mass is 16.7. The highest BCUT2D eigenvalue weighted by Gasteiger charge is 2.26. The summed E-state index contributed by atoms with van der Waals surface area (Å²) in [4.78, 5) is 0. The van der Waals surface area contributed by atoms with E-state index in [9.17, 15) is 0 Å². The van der Waals surface area contributed by atoms with E-state index < -0.39 is 0 Å². The Hall–Kier alpha value is -1.42. The number of nitrogens with one attached hydrogen (secondary N) is 1. The lowest BCUT2D eigenvalue weighted by molar-refractivity contribution is 0.174. The molecular formula is C11H13NO3. The second-order valence-corrected chi connectivity index (χ2v) is 3.80. The van der Waals surface area contributed by atoms with E-state index in [0.717, 1.165) is 30.3 Å². The summed E-state index contributed by atoms with van der Waals surface area (Å²) in [6.07, 6.45) is 0. The van der Waals surface area contributed by atoms with Crippen LogP contribution in [-0.2, 0) is 0 Å². The van der Waals surface area contributed by atoms with Crippen LogP contribution in [0.3, 0.4) is 0 Å². The standard InChI is InChI=1S/C11H13NO3/c1-13-9-3-11-10(14-6-15-11)2-8(9)7-4-12-5-7/h2-3,7,12H,4-6H2,1H3. The molecule has 0 aliphatic carbocycles. The van der Waals surface area contributed by atoms with E-state index in [1.807, 2.05) is 12.1 Å². The SMILES string of the molecule is COc1cc2c(cc1C1CNC1)OCO2. The van der Waals surface area contributed by atoms with Gasteiger partial charge in [-0.3, -0.25) is 0 Å². The molecule has 2 aliphatic heterocycles. The van der Waals surface area contributed by atoms with E-state index in [2.05, 4.69) is 5.32 Å². The lowest BCUT2D eigenvalue weighted by atomic mass is 9.92. The predicted molar refractivity (Wildman–Crippen MR) is 54.7 cm³/mol. The van der Waals surface area contributed by atoms with E-state index in [0.29, 0.717) is 12.7 Å². The minimum atomic E-state index is 0.310. The summed E-state index contributed by atoms with van der Waals surface area (Å²) < 4.78 is 16.0. The van der Waals surface area contributed by atoms with Crippen molar-refractivity contribution < 1.29 is 14.2 Å². The molecule has 2 heterocycles. The molecule has 1 N–H and O–H groups in total. The van der Waals surface area contributed by atoms with E-state index in [-0.39, 0.29) is 0 Å². The molecule has 4 heteroatoms. The van der Waals surface area contributed by atoms with Crippen molar-refractivity contribution >= 4 is 0 Å². The first-order valence-corrected chi connectivity index (χ1v) is 5.06. The van der Waals surface area contributed by atoms with Crippen LogP contribution >= 0.6 is 0 Å². The first-order valence-electron chi connectivity index (χ1n) is 5.06. The number of rotatable bonds is 2. The van der Waals surface area contributed by atoms with Crippen LogP contribution in [0.15, 0.2) is 12.1 Å². The third-order valence-corrected chi connectivity index (χ3v) is 2.95. The van der Waals surface area contributed by atoms with Crippen molar-refractivity contribution in [3.8, 4) is 17.2 Å². The van der Waals surface area contributed by atoms with Crippen LogP contribution in [0.1, 0.15) is 11.5 Å². The number of benzene rings is 1. The second-order valence-electron chi connectivity index (χ2n) is 3.80. The second kappa shape index (κ2) is 3.31. The molecule has 0 spiro atoms. The molecule has 80 valence electrons. The molecule has 3 rings (SSSR count).